The second kappa shape index (κ2) is 5.27. The van der Waals surface area contributed by atoms with Crippen LogP contribution in [0.25, 0.3) is 0 Å². The van der Waals surface area contributed by atoms with Crippen LogP contribution in [-0.4, -0.2) is 12.0 Å². The molecule has 0 heterocycles. The number of ketones is 1. The van der Waals surface area contributed by atoms with Crippen molar-refractivity contribution < 1.29 is 9.18 Å². The van der Waals surface area contributed by atoms with E-state index in [2.05, 4.69) is 4.72 Å². The maximum atomic E-state index is 13.7. The van der Waals surface area contributed by atoms with Gasteiger partial charge in [-0.05, 0) is 12.1 Å². The second-order valence-corrected chi connectivity index (χ2v) is 5.72. The van der Waals surface area contributed by atoms with Gasteiger partial charge in [0, 0.05) is 11.7 Å². The first kappa shape index (κ1) is 14.3. The van der Waals surface area contributed by atoms with Crippen molar-refractivity contribution in [3.8, 4) is 0 Å². The molecule has 5 heteroatoms. The highest BCUT2D eigenvalue weighted by atomic mass is 35.5. The van der Waals surface area contributed by atoms with Gasteiger partial charge in [0.1, 0.15) is 5.82 Å². The average Bonchev–Trinajstić information content (AvgIpc) is 2.20. The van der Waals surface area contributed by atoms with E-state index in [1.54, 1.807) is 20.8 Å². The first-order valence-corrected chi connectivity index (χ1v) is 6.70. The van der Waals surface area contributed by atoms with Gasteiger partial charge in [-0.25, -0.2) is 4.39 Å². The number of carbonyl (C=O) groups is 1. The number of Topliss-reactive ketones (excluding diaryl/α,β-unsaturated/α-hetero) is 1. The Morgan fingerprint density at radius 3 is 2.47 bits per heavy atom. The zero-order valence-corrected chi connectivity index (χ0v) is 11.8. The highest BCUT2D eigenvalue weighted by molar-refractivity contribution is 7.99. The minimum absolute atomic E-state index is 0.0680. The molecule has 2 nitrogen and oxygen atoms in total. The van der Waals surface area contributed by atoms with Crippen LogP contribution in [0.3, 0.4) is 0 Å². The van der Waals surface area contributed by atoms with Crippen molar-refractivity contribution in [3.05, 3.63) is 28.5 Å². The minimum Gasteiger partial charge on any atom is -0.329 e. The number of benzene rings is 1. The van der Waals surface area contributed by atoms with Crippen LogP contribution in [0, 0.1) is 11.2 Å². The highest BCUT2D eigenvalue weighted by Gasteiger charge is 2.26. The summed E-state index contributed by atoms with van der Waals surface area (Å²) < 4.78 is 16.6. The molecule has 0 fully saturated rings. The molecule has 0 bridgehead atoms. The third-order valence-corrected chi connectivity index (χ3v) is 2.93. The molecule has 0 amide bonds. The summed E-state index contributed by atoms with van der Waals surface area (Å²) in [6.45, 7) is 5.27. The smallest absolute Gasteiger partial charge is 0.171 e. The fourth-order valence-electron chi connectivity index (χ4n) is 1.32. The van der Waals surface area contributed by atoms with Crippen LogP contribution in [0.15, 0.2) is 12.1 Å². The topological polar surface area (TPSA) is 29.1 Å². The normalized spacial score (nSPS) is 11.4. The van der Waals surface area contributed by atoms with Crippen molar-refractivity contribution in [3.63, 3.8) is 0 Å². The van der Waals surface area contributed by atoms with Crippen LogP contribution in [0.4, 0.5) is 10.1 Å². The standard InChI is InChI=1S/C12H15ClFNOS/c1-12(2,3)11(16)7-5-10(15-17-4)8(13)6-9(7)14/h5-6,15H,1-4H3. The van der Waals surface area contributed by atoms with E-state index >= 15 is 0 Å². The first-order chi connectivity index (χ1) is 7.77. The van der Waals surface area contributed by atoms with Crippen molar-refractivity contribution in [2.24, 2.45) is 5.41 Å². The van der Waals surface area contributed by atoms with Gasteiger partial charge in [0.05, 0.1) is 16.3 Å². The molecular weight excluding hydrogens is 261 g/mol. The van der Waals surface area contributed by atoms with Crippen LogP contribution >= 0.6 is 23.5 Å². The van der Waals surface area contributed by atoms with Gasteiger partial charge >= 0.3 is 0 Å². The summed E-state index contributed by atoms with van der Waals surface area (Å²) >= 11 is 7.21. The van der Waals surface area contributed by atoms with E-state index in [0.717, 1.165) is 0 Å². The van der Waals surface area contributed by atoms with Crippen molar-refractivity contribution in [1.29, 1.82) is 0 Å². The molecule has 1 N–H and O–H groups in total. The quantitative estimate of drug-likeness (QED) is 0.655. The fraction of sp³-hybridized carbons (Fsp3) is 0.417. The van der Waals surface area contributed by atoms with E-state index in [0.29, 0.717) is 5.69 Å². The van der Waals surface area contributed by atoms with Crippen molar-refractivity contribution >= 4 is 35.0 Å². The van der Waals surface area contributed by atoms with Gasteiger partial charge in [-0.2, -0.15) is 0 Å². The van der Waals surface area contributed by atoms with E-state index in [4.69, 9.17) is 11.6 Å². The lowest BCUT2D eigenvalue weighted by Gasteiger charge is -2.18. The molecule has 1 aromatic rings. The zero-order chi connectivity index (χ0) is 13.2. The molecule has 1 aromatic carbocycles. The highest BCUT2D eigenvalue weighted by Crippen LogP contribution is 2.30. The molecule has 0 aromatic heterocycles. The Bertz CT molecular complexity index is 443. The van der Waals surface area contributed by atoms with E-state index < -0.39 is 11.2 Å². The largest absolute Gasteiger partial charge is 0.329 e. The average molecular weight is 276 g/mol. The van der Waals surface area contributed by atoms with Crippen LogP contribution in [0.2, 0.25) is 5.02 Å². The van der Waals surface area contributed by atoms with Gasteiger partial charge in [-0.3, -0.25) is 4.79 Å². The van der Waals surface area contributed by atoms with Crippen molar-refractivity contribution in [2.45, 2.75) is 20.8 Å². The van der Waals surface area contributed by atoms with Gasteiger partial charge in [0.2, 0.25) is 0 Å². The van der Waals surface area contributed by atoms with E-state index in [9.17, 15) is 9.18 Å². The van der Waals surface area contributed by atoms with Gasteiger partial charge in [0.25, 0.3) is 0 Å². The van der Waals surface area contributed by atoms with Gasteiger partial charge in [-0.1, -0.05) is 44.3 Å². The molecule has 0 aliphatic rings. The van der Waals surface area contributed by atoms with Crippen LogP contribution in [-0.2, 0) is 0 Å². The number of rotatable bonds is 3. The molecule has 17 heavy (non-hydrogen) atoms. The molecule has 94 valence electrons. The van der Waals surface area contributed by atoms with Crippen molar-refractivity contribution in [2.75, 3.05) is 11.0 Å². The molecule has 0 atom stereocenters. The summed E-state index contributed by atoms with van der Waals surface area (Å²) in [5.41, 5.74) is -0.00251. The Kier molecular flexibility index (Phi) is 4.44. The molecule has 0 saturated carbocycles. The predicted molar refractivity (Wildman–Crippen MR) is 72.3 cm³/mol. The second-order valence-electron chi connectivity index (χ2n) is 4.70. The summed E-state index contributed by atoms with van der Waals surface area (Å²) in [6, 6.07) is 2.63. The Morgan fingerprint density at radius 1 is 1.41 bits per heavy atom. The molecule has 0 saturated heterocycles. The number of anilines is 1. The summed E-state index contributed by atoms with van der Waals surface area (Å²) in [5, 5.41) is 0.266. The number of hydrogen-bond acceptors (Lipinski definition) is 3. The summed E-state index contributed by atoms with van der Waals surface area (Å²) in [5.74, 6) is -0.822. The maximum absolute atomic E-state index is 13.7. The van der Waals surface area contributed by atoms with Crippen LogP contribution in [0.1, 0.15) is 31.1 Å². The van der Waals surface area contributed by atoms with Crippen LogP contribution < -0.4 is 4.72 Å². The van der Waals surface area contributed by atoms with Crippen LogP contribution in [0.5, 0.6) is 0 Å². The Morgan fingerprint density at radius 2 is 2.00 bits per heavy atom. The number of nitrogens with one attached hydrogen (secondary N) is 1. The molecular formula is C12H15ClFNOS. The van der Waals surface area contributed by atoms with E-state index in [1.165, 1.54) is 24.1 Å². The first-order valence-electron chi connectivity index (χ1n) is 5.10. The molecule has 0 aliphatic carbocycles. The lowest BCUT2D eigenvalue weighted by molar-refractivity contribution is 0.0854. The Labute approximate surface area is 110 Å². The minimum atomic E-state index is -0.620. The summed E-state index contributed by atoms with van der Waals surface area (Å²) in [4.78, 5) is 12.0. The zero-order valence-electron chi connectivity index (χ0n) is 10.2. The fourth-order valence-corrected chi connectivity index (χ4v) is 1.96. The number of hydrogen-bond donors (Lipinski definition) is 1. The monoisotopic (exact) mass is 275 g/mol. The number of carbonyl (C=O) groups excluding carboxylic acids is 1. The van der Waals surface area contributed by atoms with Gasteiger partial charge in [0.15, 0.2) is 5.78 Å². The Balaban J connectivity index is 3.25. The number of halogens is 2. The Hall–Kier alpha value is -0.740. The summed E-state index contributed by atoms with van der Waals surface area (Å²) in [7, 11) is 0. The predicted octanol–water partition coefficient (Wildman–Crippen LogP) is 4.40. The third-order valence-electron chi connectivity index (χ3n) is 2.19. The van der Waals surface area contributed by atoms with E-state index in [-0.39, 0.29) is 16.4 Å². The van der Waals surface area contributed by atoms with Crippen molar-refractivity contribution in [1.82, 2.24) is 0 Å². The molecule has 0 aliphatic heterocycles. The maximum Gasteiger partial charge on any atom is 0.171 e. The lowest BCUT2D eigenvalue weighted by atomic mass is 9.86. The molecule has 0 radical (unpaired) electrons. The molecule has 0 spiro atoms. The third kappa shape index (κ3) is 3.36. The lowest BCUT2D eigenvalue weighted by Crippen LogP contribution is -2.21. The van der Waals surface area contributed by atoms with E-state index in [1.807, 2.05) is 6.26 Å². The van der Waals surface area contributed by atoms with Gasteiger partial charge in [-0.15, -0.1) is 0 Å². The van der Waals surface area contributed by atoms with Gasteiger partial charge < -0.3 is 4.72 Å². The summed E-state index contributed by atoms with van der Waals surface area (Å²) in [6.07, 6.45) is 1.82. The SMILES string of the molecule is CSNc1cc(C(=O)C(C)(C)C)c(F)cc1Cl. The molecule has 0 unspecified atom stereocenters. The molecule has 1 rings (SSSR count).